The normalized spacial score (nSPS) is 12.9. The van der Waals surface area contributed by atoms with E-state index in [0.29, 0.717) is 0 Å². The van der Waals surface area contributed by atoms with Gasteiger partial charge in [0.1, 0.15) is 7.05 Å². The average Bonchev–Trinajstić information content (AvgIpc) is 2.62. The molecule has 0 aliphatic rings. The predicted molar refractivity (Wildman–Crippen MR) is 107 cm³/mol. The van der Waals surface area contributed by atoms with Crippen LogP contribution in [-0.2, 0) is 12.5 Å². The van der Waals surface area contributed by atoms with Gasteiger partial charge in [-0.05, 0) is 23.8 Å². The first-order valence-corrected chi connectivity index (χ1v) is 8.61. The molecule has 0 N–H and O–H groups in total. The molecule has 3 aromatic rings. The molecule has 2 aromatic carbocycles. The van der Waals surface area contributed by atoms with Crippen LogP contribution in [0.25, 0.3) is 16.8 Å². The van der Waals surface area contributed by atoms with Crippen LogP contribution < -0.4 is 4.57 Å². The van der Waals surface area contributed by atoms with Gasteiger partial charge in [0, 0.05) is 34.5 Å². The molecule has 0 spiro atoms. The Kier molecular flexibility index (Phi) is 4.80. The molecule has 25 heavy (non-hydrogen) atoms. The van der Waals surface area contributed by atoms with Gasteiger partial charge in [-0.25, -0.2) is 4.57 Å². The van der Waals surface area contributed by atoms with Gasteiger partial charge < -0.3 is 0 Å². The molecule has 0 aliphatic carbocycles. The third-order valence-corrected chi connectivity index (χ3v) is 4.75. The first kappa shape index (κ1) is 17.1. The van der Waals surface area contributed by atoms with E-state index in [4.69, 9.17) is 0 Å². The molecule has 0 amide bonds. The van der Waals surface area contributed by atoms with Crippen LogP contribution in [0.1, 0.15) is 25.0 Å². The highest BCUT2D eigenvalue weighted by Crippen LogP contribution is 2.26. The summed E-state index contributed by atoms with van der Waals surface area (Å²) < 4.78 is 2.10. The van der Waals surface area contributed by atoms with Crippen molar-refractivity contribution in [1.82, 2.24) is 0 Å². The van der Waals surface area contributed by atoms with Gasteiger partial charge in [0.05, 0.1) is 0 Å². The van der Waals surface area contributed by atoms with E-state index in [1.165, 1.54) is 21.9 Å². The van der Waals surface area contributed by atoms with Crippen LogP contribution in [0.2, 0.25) is 0 Å². The zero-order valence-corrected chi connectivity index (χ0v) is 15.4. The summed E-state index contributed by atoms with van der Waals surface area (Å²) in [6.45, 7) is 4.44. The van der Waals surface area contributed by atoms with Gasteiger partial charge in [-0.15, -0.1) is 0 Å². The molecule has 0 bridgehead atoms. The highest BCUT2D eigenvalue weighted by atomic mass is 14.9. The minimum atomic E-state index is -0.140. The molecule has 1 aromatic heterocycles. The summed E-state index contributed by atoms with van der Waals surface area (Å²) in [6, 6.07) is 19.0. The number of hydrogen-bond acceptors (Lipinski definition) is 1. The van der Waals surface area contributed by atoms with Crippen LogP contribution in [0, 0.1) is 0 Å². The SMILES string of the molecule is CN=C(/C=C/c1c[n+](C)cc2ccccc12)C(C)(C)c1ccccc1. The van der Waals surface area contributed by atoms with Gasteiger partial charge >= 0.3 is 0 Å². The second-order valence-corrected chi connectivity index (χ2v) is 6.90. The lowest BCUT2D eigenvalue weighted by molar-refractivity contribution is -0.670. The molecule has 0 fully saturated rings. The molecule has 0 saturated carbocycles. The summed E-state index contributed by atoms with van der Waals surface area (Å²) in [5.74, 6) is 0. The molecular weight excluding hydrogens is 304 g/mol. The summed E-state index contributed by atoms with van der Waals surface area (Å²) in [4.78, 5) is 4.58. The maximum Gasteiger partial charge on any atom is 0.176 e. The topological polar surface area (TPSA) is 16.2 Å². The third kappa shape index (κ3) is 3.53. The van der Waals surface area contributed by atoms with Crippen molar-refractivity contribution in [3.8, 4) is 0 Å². The van der Waals surface area contributed by atoms with Gasteiger partial charge in [0.25, 0.3) is 0 Å². The molecule has 0 radical (unpaired) electrons. The number of hydrogen-bond donors (Lipinski definition) is 0. The molecule has 126 valence electrons. The number of aryl methyl sites for hydroxylation is 1. The molecule has 1 heterocycles. The molecular formula is C23H25N2+. The zero-order chi connectivity index (χ0) is 17.9. The van der Waals surface area contributed by atoms with Crippen molar-refractivity contribution >= 4 is 22.6 Å². The van der Waals surface area contributed by atoms with E-state index in [2.05, 4.69) is 104 Å². The average molecular weight is 329 g/mol. The Morgan fingerprint density at radius 3 is 2.36 bits per heavy atom. The van der Waals surface area contributed by atoms with Crippen LogP contribution >= 0.6 is 0 Å². The lowest BCUT2D eigenvalue weighted by atomic mass is 9.79. The Morgan fingerprint density at radius 2 is 1.64 bits per heavy atom. The Labute approximate surface area is 150 Å². The fraction of sp³-hybridized carbons (Fsp3) is 0.217. The van der Waals surface area contributed by atoms with Gasteiger partial charge in [-0.3, -0.25) is 4.99 Å². The Hall–Kier alpha value is -2.74. The van der Waals surface area contributed by atoms with Gasteiger partial charge in [-0.1, -0.05) is 62.4 Å². The molecule has 0 atom stereocenters. The van der Waals surface area contributed by atoms with Crippen LogP contribution in [-0.4, -0.2) is 12.8 Å². The highest BCUT2D eigenvalue weighted by Gasteiger charge is 2.25. The van der Waals surface area contributed by atoms with Crippen molar-refractivity contribution in [3.63, 3.8) is 0 Å². The fourth-order valence-corrected chi connectivity index (χ4v) is 3.28. The summed E-state index contributed by atoms with van der Waals surface area (Å²) in [5.41, 5.74) is 3.39. The second kappa shape index (κ2) is 7.02. The smallest absolute Gasteiger partial charge is 0.176 e. The van der Waals surface area contributed by atoms with E-state index in [0.717, 1.165) is 5.71 Å². The maximum atomic E-state index is 4.58. The second-order valence-electron chi connectivity index (χ2n) is 6.90. The minimum Gasteiger partial charge on any atom is -0.292 e. The van der Waals surface area contributed by atoms with Crippen molar-refractivity contribution in [3.05, 3.63) is 84.2 Å². The lowest BCUT2D eigenvalue weighted by Crippen LogP contribution is -2.28. The van der Waals surface area contributed by atoms with E-state index < -0.39 is 0 Å². The van der Waals surface area contributed by atoms with Crippen molar-refractivity contribution in [2.75, 3.05) is 7.05 Å². The Balaban J connectivity index is 2.01. The number of fused-ring (bicyclic) bond motifs is 1. The first-order chi connectivity index (χ1) is 12.0. The van der Waals surface area contributed by atoms with Crippen molar-refractivity contribution < 1.29 is 4.57 Å². The largest absolute Gasteiger partial charge is 0.292 e. The van der Waals surface area contributed by atoms with Crippen molar-refractivity contribution in [2.24, 2.45) is 12.0 Å². The Bertz CT molecular complexity index is 935. The van der Waals surface area contributed by atoms with Crippen molar-refractivity contribution in [1.29, 1.82) is 0 Å². The van der Waals surface area contributed by atoms with Crippen LogP contribution in [0.4, 0.5) is 0 Å². The number of pyridine rings is 1. The van der Waals surface area contributed by atoms with E-state index in [-0.39, 0.29) is 5.41 Å². The van der Waals surface area contributed by atoms with Crippen LogP contribution in [0.5, 0.6) is 0 Å². The van der Waals surface area contributed by atoms with E-state index in [9.17, 15) is 0 Å². The lowest BCUT2D eigenvalue weighted by Gasteiger charge is -2.25. The number of allylic oxidation sites excluding steroid dienone is 1. The first-order valence-electron chi connectivity index (χ1n) is 8.61. The number of rotatable bonds is 4. The third-order valence-electron chi connectivity index (χ3n) is 4.75. The quantitative estimate of drug-likeness (QED) is 0.486. The summed E-state index contributed by atoms with van der Waals surface area (Å²) in [5, 5.41) is 2.49. The van der Waals surface area contributed by atoms with E-state index in [1.807, 2.05) is 13.1 Å². The zero-order valence-electron chi connectivity index (χ0n) is 15.4. The highest BCUT2D eigenvalue weighted by molar-refractivity contribution is 6.06. The molecule has 2 heteroatoms. The standard InChI is InChI=1S/C23H25N2/c1-23(2,20-11-6-5-7-12-20)22(24-3)15-14-19-17-25(4)16-18-10-8-9-13-21(18)19/h5-17H,1-4H3/q+1/b15-14+,24-22?. The van der Waals surface area contributed by atoms with E-state index >= 15 is 0 Å². The summed E-state index contributed by atoms with van der Waals surface area (Å²) >= 11 is 0. The van der Waals surface area contributed by atoms with Gasteiger partial charge in [0.2, 0.25) is 0 Å². The van der Waals surface area contributed by atoms with Crippen LogP contribution in [0.3, 0.4) is 0 Å². The Morgan fingerprint density at radius 1 is 0.960 bits per heavy atom. The molecule has 0 saturated heterocycles. The van der Waals surface area contributed by atoms with E-state index in [1.54, 1.807) is 0 Å². The van der Waals surface area contributed by atoms with Crippen LogP contribution in [0.15, 0.2) is 78.1 Å². The molecule has 2 nitrogen and oxygen atoms in total. The fourth-order valence-electron chi connectivity index (χ4n) is 3.28. The number of aromatic nitrogens is 1. The number of nitrogens with zero attached hydrogens (tertiary/aromatic N) is 2. The summed E-state index contributed by atoms with van der Waals surface area (Å²) in [7, 11) is 3.93. The molecule has 0 aliphatic heterocycles. The van der Waals surface area contributed by atoms with Crippen molar-refractivity contribution in [2.45, 2.75) is 19.3 Å². The van der Waals surface area contributed by atoms with Gasteiger partial charge in [0.15, 0.2) is 12.4 Å². The van der Waals surface area contributed by atoms with Gasteiger partial charge in [-0.2, -0.15) is 0 Å². The minimum absolute atomic E-state index is 0.140. The maximum absolute atomic E-state index is 4.58. The predicted octanol–water partition coefficient (Wildman–Crippen LogP) is 4.73. The monoisotopic (exact) mass is 329 g/mol. The number of aliphatic imine (C=N–C) groups is 1. The molecule has 0 unspecified atom stereocenters. The number of benzene rings is 2. The molecule has 3 rings (SSSR count). The summed E-state index contributed by atoms with van der Waals surface area (Å²) in [6.07, 6.45) is 8.63.